The number of hydrogen-bond acceptors (Lipinski definition) is 2. The maximum Gasteiger partial charge on any atom is 0.133 e. The molecule has 7 heteroatoms. The summed E-state index contributed by atoms with van der Waals surface area (Å²) in [5.74, 6) is 0.102. The van der Waals surface area contributed by atoms with Crippen molar-refractivity contribution in [1.29, 1.82) is 0 Å². The van der Waals surface area contributed by atoms with Crippen LogP contribution in [0.25, 0.3) is 0 Å². The Balaban J connectivity index is 0.000000365. The second-order valence-corrected chi connectivity index (χ2v) is 7.11. The first-order valence-corrected chi connectivity index (χ1v) is 9.74. The highest BCUT2D eigenvalue weighted by Crippen LogP contribution is 2.25. The summed E-state index contributed by atoms with van der Waals surface area (Å²) in [7, 11) is 0. The van der Waals surface area contributed by atoms with Gasteiger partial charge in [0.1, 0.15) is 23.1 Å². The van der Waals surface area contributed by atoms with E-state index < -0.39 is 0 Å². The van der Waals surface area contributed by atoms with E-state index in [9.17, 15) is 8.78 Å². The van der Waals surface area contributed by atoms with Crippen molar-refractivity contribution in [2.75, 3.05) is 11.0 Å². The third-order valence-electron chi connectivity index (χ3n) is 2.10. The summed E-state index contributed by atoms with van der Waals surface area (Å²) in [6.07, 6.45) is 0. The maximum absolute atomic E-state index is 12.5. The number of phenolic OH excluding ortho intramolecular Hbond substituents is 1. The average molecular weight is 566 g/mol. The molecule has 0 unspecified atom stereocenters. The largest absolute Gasteiger partial charge is 0.507 e. The molecular weight excluding hydrogens is 549 g/mol. The number of halogens is 5. The van der Waals surface area contributed by atoms with Gasteiger partial charge in [0.05, 0.1) is 15.6 Å². The van der Waals surface area contributed by atoms with Gasteiger partial charge in [0, 0.05) is 0 Å². The van der Waals surface area contributed by atoms with Crippen molar-refractivity contribution in [3.8, 4) is 11.5 Å². The monoisotopic (exact) mass is 564 g/mol. The molecule has 0 heterocycles. The lowest BCUT2D eigenvalue weighted by Crippen LogP contribution is -1.92. The van der Waals surface area contributed by atoms with E-state index in [1.54, 1.807) is 6.07 Å². The molecule has 2 aromatic carbocycles. The molecule has 0 fully saturated rings. The number of hydrogen-bond donors (Lipinski definition) is 1. The van der Waals surface area contributed by atoms with Gasteiger partial charge in [0.15, 0.2) is 0 Å². The standard InChI is InChI=1S/C8H8BrFO.C6H4BrFO.C2H5I/c1-2-11-8-4-3-6(10)5-7(8)9;7-5-3-4(8)1-2-6(5)9;1-2-3/h3-5H,2H2,1H3;1-3,9H;2H2,1H3. The lowest BCUT2D eigenvalue weighted by molar-refractivity contribution is 0.337. The van der Waals surface area contributed by atoms with Crippen molar-refractivity contribution in [2.24, 2.45) is 0 Å². The zero-order valence-electron chi connectivity index (χ0n) is 12.6. The number of rotatable bonds is 2. The molecule has 0 aromatic heterocycles. The minimum absolute atomic E-state index is 0.0522. The van der Waals surface area contributed by atoms with Crippen LogP contribution >= 0.6 is 54.5 Å². The molecule has 0 aliphatic rings. The molecule has 1 N–H and O–H groups in total. The molecule has 2 rings (SSSR count). The molecule has 0 atom stereocenters. The van der Waals surface area contributed by atoms with Gasteiger partial charge in [0.2, 0.25) is 0 Å². The molecule has 2 aromatic rings. The molecule has 0 amide bonds. The van der Waals surface area contributed by atoms with Gasteiger partial charge >= 0.3 is 0 Å². The Labute approximate surface area is 165 Å². The fourth-order valence-electron chi connectivity index (χ4n) is 1.23. The average Bonchev–Trinajstić information content (AvgIpc) is 2.48. The first-order chi connectivity index (χ1) is 10.8. The SMILES string of the molecule is CCI.CCOc1ccc(F)cc1Br.Oc1ccc(F)cc1Br. The van der Waals surface area contributed by atoms with Gasteiger partial charge in [-0.05, 0) is 79.6 Å². The Bertz CT molecular complexity index is 598. The van der Waals surface area contributed by atoms with Crippen LogP contribution in [0, 0.1) is 11.6 Å². The molecule has 0 saturated heterocycles. The molecule has 0 aliphatic heterocycles. The second kappa shape index (κ2) is 12.9. The van der Waals surface area contributed by atoms with E-state index in [-0.39, 0.29) is 17.4 Å². The molecule has 0 aliphatic carbocycles. The molecule has 0 spiro atoms. The van der Waals surface area contributed by atoms with Gasteiger partial charge in [-0.25, -0.2) is 8.78 Å². The van der Waals surface area contributed by atoms with Crippen LogP contribution in [0.4, 0.5) is 8.78 Å². The van der Waals surface area contributed by atoms with Crippen LogP contribution in [0.2, 0.25) is 0 Å². The summed E-state index contributed by atoms with van der Waals surface area (Å²) in [5, 5.41) is 8.83. The topological polar surface area (TPSA) is 29.5 Å². The summed E-state index contributed by atoms with van der Waals surface area (Å²) >= 11 is 8.43. The van der Waals surface area contributed by atoms with Crippen LogP contribution in [0.15, 0.2) is 45.3 Å². The fraction of sp³-hybridized carbons (Fsp3) is 0.250. The van der Waals surface area contributed by atoms with E-state index >= 15 is 0 Å². The van der Waals surface area contributed by atoms with Gasteiger partial charge in [-0.1, -0.05) is 29.5 Å². The fourth-order valence-corrected chi connectivity index (χ4v) is 2.05. The van der Waals surface area contributed by atoms with E-state index in [2.05, 4.69) is 61.4 Å². The lowest BCUT2D eigenvalue weighted by atomic mass is 10.3. The van der Waals surface area contributed by atoms with Gasteiger partial charge in [0.25, 0.3) is 0 Å². The number of phenols is 1. The number of ether oxygens (including phenoxy) is 1. The first-order valence-electron chi connectivity index (χ1n) is 6.63. The number of alkyl halides is 1. The predicted molar refractivity (Wildman–Crippen MR) is 106 cm³/mol. The van der Waals surface area contributed by atoms with Crippen molar-refractivity contribution >= 4 is 54.5 Å². The third-order valence-corrected chi connectivity index (χ3v) is 3.36. The Kier molecular flexibility index (Phi) is 12.7. The van der Waals surface area contributed by atoms with E-state index in [0.29, 0.717) is 21.3 Å². The second-order valence-electron chi connectivity index (χ2n) is 3.87. The molecule has 0 radical (unpaired) electrons. The number of benzene rings is 2. The highest BCUT2D eigenvalue weighted by atomic mass is 127. The zero-order chi connectivity index (χ0) is 17.8. The van der Waals surface area contributed by atoms with Crippen LogP contribution in [-0.2, 0) is 0 Å². The Morgan fingerprint density at radius 1 is 1.00 bits per heavy atom. The van der Waals surface area contributed by atoms with E-state index in [4.69, 9.17) is 9.84 Å². The van der Waals surface area contributed by atoms with Crippen LogP contribution in [0.3, 0.4) is 0 Å². The number of aromatic hydroxyl groups is 1. The quantitative estimate of drug-likeness (QED) is 0.323. The van der Waals surface area contributed by atoms with Crippen molar-refractivity contribution in [1.82, 2.24) is 0 Å². The van der Waals surface area contributed by atoms with E-state index in [1.807, 2.05) is 6.92 Å². The molecule has 2 nitrogen and oxygen atoms in total. The van der Waals surface area contributed by atoms with Crippen LogP contribution in [-0.4, -0.2) is 16.1 Å². The van der Waals surface area contributed by atoms with E-state index in [0.717, 1.165) is 0 Å². The van der Waals surface area contributed by atoms with Crippen molar-refractivity contribution in [3.63, 3.8) is 0 Å². The van der Waals surface area contributed by atoms with Gasteiger partial charge in [-0.15, -0.1) is 0 Å². The minimum Gasteiger partial charge on any atom is -0.507 e. The minimum atomic E-state index is -0.361. The van der Waals surface area contributed by atoms with Crippen molar-refractivity contribution in [2.45, 2.75) is 13.8 Å². The molecular formula is C16H17Br2F2IO2. The highest BCUT2D eigenvalue weighted by Gasteiger charge is 2.00. The predicted octanol–water partition coefficient (Wildman–Crippen LogP) is 6.72. The van der Waals surface area contributed by atoms with Crippen LogP contribution in [0.5, 0.6) is 11.5 Å². The smallest absolute Gasteiger partial charge is 0.133 e. The van der Waals surface area contributed by atoms with Crippen LogP contribution < -0.4 is 4.74 Å². The maximum atomic E-state index is 12.5. The third kappa shape index (κ3) is 10.1. The van der Waals surface area contributed by atoms with Crippen molar-refractivity contribution < 1.29 is 18.6 Å². The lowest BCUT2D eigenvalue weighted by Gasteiger charge is -2.04. The van der Waals surface area contributed by atoms with Gasteiger partial charge in [-0.2, -0.15) is 0 Å². The first kappa shape index (κ1) is 22.6. The van der Waals surface area contributed by atoms with E-state index in [1.165, 1.54) is 34.8 Å². The summed E-state index contributed by atoms with van der Waals surface area (Å²) < 4.78 is 32.1. The molecule has 0 saturated carbocycles. The molecule has 128 valence electrons. The van der Waals surface area contributed by atoms with Gasteiger partial charge < -0.3 is 9.84 Å². The summed E-state index contributed by atoms with van der Waals surface area (Å²) in [6, 6.07) is 8.04. The Morgan fingerprint density at radius 2 is 1.48 bits per heavy atom. The Hall–Kier alpha value is -0.410. The normalized spacial score (nSPS) is 9.17. The zero-order valence-corrected chi connectivity index (χ0v) is 18.0. The Morgan fingerprint density at radius 3 is 1.87 bits per heavy atom. The molecule has 0 bridgehead atoms. The summed E-state index contributed by atoms with van der Waals surface area (Å²) in [6.45, 7) is 4.58. The highest BCUT2D eigenvalue weighted by molar-refractivity contribution is 14.1. The molecule has 23 heavy (non-hydrogen) atoms. The van der Waals surface area contributed by atoms with Crippen LogP contribution in [0.1, 0.15) is 13.8 Å². The summed E-state index contributed by atoms with van der Waals surface area (Å²) in [4.78, 5) is 0. The summed E-state index contributed by atoms with van der Waals surface area (Å²) in [5.41, 5.74) is 0. The van der Waals surface area contributed by atoms with Crippen molar-refractivity contribution in [3.05, 3.63) is 57.0 Å². The van der Waals surface area contributed by atoms with Gasteiger partial charge in [-0.3, -0.25) is 0 Å².